The molecule has 0 saturated carbocycles. The summed E-state index contributed by atoms with van der Waals surface area (Å²) in [5, 5.41) is 7.39. The Bertz CT molecular complexity index is 769. The lowest BCUT2D eigenvalue weighted by atomic mass is 10.3. The van der Waals surface area contributed by atoms with Crippen molar-refractivity contribution in [1.82, 2.24) is 5.32 Å². The molecule has 0 aliphatic rings. The van der Waals surface area contributed by atoms with Crippen molar-refractivity contribution in [3.8, 4) is 5.75 Å². The summed E-state index contributed by atoms with van der Waals surface area (Å²) in [4.78, 5) is 22.6. The normalized spacial score (nSPS) is 10.0. The Morgan fingerprint density at radius 2 is 1.88 bits per heavy atom. The number of halogens is 2. The van der Waals surface area contributed by atoms with Gasteiger partial charge in [-0.05, 0) is 24.3 Å². The van der Waals surface area contributed by atoms with E-state index in [0.717, 1.165) is 12.1 Å². The van der Waals surface area contributed by atoms with Gasteiger partial charge in [-0.15, -0.1) is 0 Å². The number of benzene rings is 2. The third kappa shape index (κ3) is 6.09. The third-order valence-electron chi connectivity index (χ3n) is 2.99. The molecule has 6 nitrogen and oxygen atoms in total. The molecule has 2 aromatic rings. The Labute approximate surface area is 143 Å². The third-order valence-corrected chi connectivity index (χ3v) is 2.99. The minimum atomic E-state index is -0.860. The van der Waals surface area contributed by atoms with Crippen LogP contribution in [-0.4, -0.2) is 25.1 Å². The van der Waals surface area contributed by atoms with E-state index in [4.69, 9.17) is 4.74 Å². The number of anilines is 2. The summed E-state index contributed by atoms with van der Waals surface area (Å²) >= 11 is 0. The number of hydrogen-bond acceptors (Lipinski definition) is 3. The monoisotopic (exact) mass is 349 g/mol. The molecule has 0 fully saturated rings. The highest BCUT2D eigenvalue weighted by Gasteiger charge is 2.07. The Balaban J connectivity index is 1.75. The molecule has 25 heavy (non-hydrogen) atoms. The lowest BCUT2D eigenvalue weighted by Gasteiger charge is -2.10. The number of urea groups is 1. The van der Waals surface area contributed by atoms with Crippen LogP contribution in [0.4, 0.5) is 25.0 Å². The molecule has 2 rings (SSSR count). The van der Waals surface area contributed by atoms with Gasteiger partial charge in [-0.1, -0.05) is 6.07 Å². The predicted octanol–water partition coefficient (Wildman–Crippen LogP) is 3.12. The number of amides is 3. The van der Waals surface area contributed by atoms with Crippen LogP contribution >= 0.6 is 0 Å². The standard InChI is InChI=1S/C17H17F2N3O3/c1-11(23)21-13-3-2-4-14(10-13)25-8-7-20-17(24)22-16-6-5-12(18)9-15(16)19/h2-6,9-10H,7-8H2,1H3,(H,21,23)(H2,20,22,24). The van der Waals surface area contributed by atoms with Gasteiger partial charge in [-0.2, -0.15) is 0 Å². The van der Waals surface area contributed by atoms with Crippen molar-refractivity contribution < 1.29 is 23.1 Å². The van der Waals surface area contributed by atoms with Crippen molar-refractivity contribution in [1.29, 1.82) is 0 Å². The first-order valence-corrected chi connectivity index (χ1v) is 7.44. The number of ether oxygens (including phenoxy) is 1. The van der Waals surface area contributed by atoms with Gasteiger partial charge in [0.2, 0.25) is 5.91 Å². The first kappa shape index (κ1) is 18.2. The summed E-state index contributed by atoms with van der Waals surface area (Å²) in [6, 6.07) is 9.02. The highest BCUT2D eigenvalue weighted by Crippen LogP contribution is 2.17. The van der Waals surface area contributed by atoms with Crippen LogP contribution in [0.3, 0.4) is 0 Å². The molecule has 0 atom stereocenters. The molecule has 0 unspecified atom stereocenters. The van der Waals surface area contributed by atoms with E-state index in [-0.39, 0.29) is 24.7 Å². The molecule has 0 aromatic heterocycles. The maximum Gasteiger partial charge on any atom is 0.319 e. The van der Waals surface area contributed by atoms with Gasteiger partial charge in [0.25, 0.3) is 0 Å². The summed E-state index contributed by atoms with van der Waals surface area (Å²) < 4.78 is 31.6. The minimum Gasteiger partial charge on any atom is -0.492 e. The summed E-state index contributed by atoms with van der Waals surface area (Å²) in [5.74, 6) is -1.25. The van der Waals surface area contributed by atoms with Crippen LogP contribution in [0.1, 0.15) is 6.92 Å². The van der Waals surface area contributed by atoms with Gasteiger partial charge >= 0.3 is 6.03 Å². The lowest BCUT2D eigenvalue weighted by molar-refractivity contribution is -0.114. The zero-order valence-corrected chi connectivity index (χ0v) is 13.4. The lowest BCUT2D eigenvalue weighted by Crippen LogP contribution is -2.32. The van der Waals surface area contributed by atoms with Crippen molar-refractivity contribution in [3.63, 3.8) is 0 Å². The molecule has 0 bridgehead atoms. The first-order valence-electron chi connectivity index (χ1n) is 7.44. The second-order valence-corrected chi connectivity index (χ2v) is 5.06. The molecule has 0 heterocycles. The zero-order chi connectivity index (χ0) is 18.2. The van der Waals surface area contributed by atoms with Gasteiger partial charge in [0.15, 0.2) is 0 Å². The minimum absolute atomic E-state index is 0.122. The van der Waals surface area contributed by atoms with Gasteiger partial charge in [-0.3, -0.25) is 4.79 Å². The fourth-order valence-electron chi connectivity index (χ4n) is 1.96. The average molecular weight is 349 g/mol. The highest BCUT2D eigenvalue weighted by molar-refractivity contribution is 5.89. The van der Waals surface area contributed by atoms with Crippen LogP contribution in [0.2, 0.25) is 0 Å². The molecule has 132 valence electrons. The van der Waals surface area contributed by atoms with Crippen LogP contribution < -0.4 is 20.7 Å². The molecule has 3 amide bonds. The second kappa shape index (κ2) is 8.62. The van der Waals surface area contributed by atoms with E-state index in [9.17, 15) is 18.4 Å². The fourth-order valence-corrected chi connectivity index (χ4v) is 1.96. The van der Waals surface area contributed by atoms with E-state index in [1.807, 2.05) is 0 Å². The van der Waals surface area contributed by atoms with Crippen LogP contribution in [0.5, 0.6) is 5.75 Å². The highest BCUT2D eigenvalue weighted by atomic mass is 19.1. The van der Waals surface area contributed by atoms with Crippen molar-refractivity contribution in [3.05, 3.63) is 54.1 Å². The Morgan fingerprint density at radius 3 is 2.60 bits per heavy atom. The predicted molar refractivity (Wildman–Crippen MR) is 89.6 cm³/mol. The molecular weight excluding hydrogens is 332 g/mol. The molecular formula is C17H17F2N3O3. The molecule has 0 aliphatic heterocycles. The largest absolute Gasteiger partial charge is 0.492 e. The fraction of sp³-hybridized carbons (Fsp3) is 0.176. The smallest absolute Gasteiger partial charge is 0.319 e. The van der Waals surface area contributed by atoms with Crippen LogP contribution in [0, 0.1) is 11.6 Å². The molecule has 3 N–H and O–H groups in total. The number of carbonyl (C=O) groups excluding carboxylic acids is 2. The molecule has 0 saturated heterocycles. The van der Waals surface area contributed by atoms with Gasteiger partial charge < -0.3 is 20.7 Å². The van der Waals surface area contributed by atoms with Crippen molar-refractivity contribution in [2.75, 3.05) is 23.8 Å². The van der Waals surface area contributed by atoms with E-state index in [2.05, 4.69) is 16.0 Å². The van der Waals surface area contributed by atoms with Gasteiger partial charge in [-0.25, -0.2) is 13.6 Å². The van der Waals surface area contributed by atoms with Crippen LogP contribution in [0.25, 0.3) is 0 Å². The van der Waals surface area contributed by atoms with E-state index in [1.165, 1.54) is 6.92 Å². The summed E-state index contributed by atoms with van der Waals surface area (Å²) in [5.41, 5.74) is 0.477. The van der Waals surface area contributed by atoms with Crippen molar-refractivity contribution in [2.45, 2.75) is 6.92 Å². The van der Waals surface area contributed by atoms with E-state index in [0.29, 0.717) is 17.5 Å². The Morgan fingerprint density at radius 1 is 1.08 bits per heavy atom. The van der Waals surface area contributed by atoms with E-state index in [1.54, 1.807) is 24.3 Å². The summed E-state index contributed by atoms with van der Waals surface area (Å²) in [6.45, 7) is 1.74. The number of rotatable bonds is 6. The van der Waals surface area contributed by atoms with Crippen LogP contribution in [0.15, 0.2) is 42.5 Å². The molecule has 0 radical (unpaired) electrons. The SMILES string of the molecule is CC(=O)Nc1cccc(OCCNC(=O)Nc2ccc(F)cc2F)c1. The quantitative estimate of drug-likeness (QED) is 0.701. The molecule has 0 aliphatic carbocycles. The van der Waals surface area contributed by atoms with Crippen molar-refractivity contribution >= 4 is 23.3 Å². The molecule has 8 heteroatoms. The zero-order valence-electron chi connectivity index (χ0n) is 13.4. The first-order chi connectivity index (χ1) is 11.9. The Hall–Kier alpha value is -3.16. The number of nitrogens with one attached hydrogen (secondary N) is 3. The molecule has 2 aromatic carbocycles. The van der Waals surface area contributed by atoms with Gasteiger partial charge in [0, 0.05) is 24.7 Å². The topological polar surface area (TPSA) is 79.5 Å². The maximum absolute atomic E-state index is 13.4. The number of carbonyl (C=O) groups is 2. The van der Waals surface area contributed by atoms with Crippen LogP contribution in [-0.2, 0) is 4.79 Å². The second-order valence-electron chi connectivity index (χ2n) is 5.06. The van der Waals surface area contributed by atoms with E-state index >= 15 is 0 Å². The number of hydrogen-bond donors (Lipinski definition) is 3. The van der Waals surface area contributed by atoms with Gasteiger partial charge in [0.1, 0.15) is 24.0 Å². The van der Waals surface area contributed by atoms with Gasteiger partial charge in [0.05, 0.1) is 12.2 Å². The molecule has 0 spiro atoms. The van der Waals surface area contributed by atoms with E-state index < -0.39 is 17.7 Å². The average Bonchev–Trinajstić information content (AvgIpc) is 2.54. The van der Waals surface area contributed by atoms with Crippen molar-refractivity contribution in [2.24, 2.45) is 0 Å². The maximum atomic E-state index is 13.4. The summed E-state index contributed by atoms with van der Waals surface area (Å²) in [6.07, 6.45) is 0. The Kier molecular flexibility index (Phi) is 6.27. The summed E-state index contributed by atoms with van der Waals surface area (Å²) in [7, 11) is 0.